The molecule has 0 spiro atoms. The largest absolute Gasteiger partial charge is 0.343 e. The van der Waals surface area contributed by atoms with Gasteiger partial charge in [0.15, 0.2) is 0 Å². The van der Waals surface area contributed by atoms with Crippen LogP contribution < -0.4 is 0 Å². The number of halogens is 1. The molecule has 0 rings (SSSR count). The van der Waals surface area contributed by atoms with E-state index in [1.807, 2.05) is 0 Å². The smallest absolute Gasteiger partial charge is 0.308 e. The third kappa shape index (κ3) is 14.4. The molecule has 0 amide bonds. The second-order valence-electron chi connectivity index (χ2n) is 5.72. The molecule has 0 saturated heterocycles. The van der Waals surface area contributed by atoms with E-state index in [0.717, 1.165) is 25.7 Å². The van der Waals surface area contributed by atoms with Gasteiger partial charge in [-0.05, 0) is 24.6 Å². The summed E-state index contributed by atoms with van der Waals surface area (Å²) in [6.07, 6.45) is 14.6. The first-order valence-electron chi connectivity index (χ1n) is 8.88. The molecule has 0 bridgehead atoms. The maximum absolute atomic E-state index is 5.58. The molecule has 0 radical (unpaired) electrons. The lowest BCUT2D eigenvalue weighted by Crippen LogP contribution is -1.99. The van der Waals surface area contributed by atoms with Gasteiger partial charge in [-0.3, -0.25) is 0 Å². The summed E-state index contributed by atoms with van der Waals surface area (Å²) in [6.45, 7) is 2.87. The predicted octanol–water partition coefficient (Wildman–Crippen LogP) is 7.14. The van der Waals surface area contributed by atoms with Crippen LogP contribution in [0.25, 0.3) is 0 Å². The summed E-state index contributed by atoms with van der Waals surface area (Å²) in [4.78, 5) is 0. The Hall–Kier alpha value is 0.820. The Labute approximate surface area is 147 Å². The van der Waals surface area contributed by atoms with Crippen molar-refractivity contribution >= 4 is 30.4 Å². The normalized spacial score (nSPS) is 12.0. The van der Waals surface area contributed by atoms with Gasteiger partial charge in [-0.25, -0.2) is 0 Å². The molecule has 0 aliphatic carbocycles. The van der Waals surface area contributed by atoms with E-state index in [4.69, 9.17) is 36.8 Å². The first kappa shape index (κ1) is 22.8. The van der Waals surface area contributed by atoms with E-state index in [1.165, 1.54) is 51.4 Å². The van der Waals surface area contributed by atoms with Crippen LogP contribution in [0.15, 0.2) is 0 Å². The van der Waals surface area contributed by atoms with E-state index in [2.05, 4.69) is 13.8 Å². The predicted molar refractivity (Wildman–Crippen MR) is 99.9 cm³/mol. The fourth-order valence-corrected chi connectivity index (χ4v) is 3.74. The summed E-state index contributed by atoms with van der Waals surface area (Å²) in [5.74, 6) is 0. The summed E-state index contributed by atoms with van der Waals surface area (Å²) in [5, 5.41) is 0. The van der Waals surface area contributed by atoms with Gasteiger partial charge < -0.3 is 9.05 Å². The van der Waals surface area contributed by atoms with Crippen molar-refractivity contribution in [3.05, 3.63) is 0 Å². The minimum Gasteiger partial charge on any atom is -0.308 e. The molecular weight excluding hydrogens is 339 g/mol. The number of unbranched alkanes of at least 4 members (excludes halogenated alkanes) is 10. The molecule has 0 atom stereocenters. The van der Waals surface area contributed by atoms with Crippen molar-refractivity contribution in [3.8, 4) is 0 Å². The van der Waals surface area contributed by atoms with Gasteiger partial charge in [-0.1, -0.05) is 78.1 Å². The first-order valence-corrected chi connectivity index (χ1v) is 11.7. The third-order valence-corrected chi connectivity index (χ3v) is 6.39. The van der Waals surface area contributed by atoms with Crippen LogP contribution in [0.5, 0.6) is 0 Å². The highest BCUT2D eigenvalue weighted by Crippen LogP contribution is 2.51. The van der Waals surface area contributed by atoms with Crippen LogP contribution in [0.3, 0.4) is 0 Å². The zero-order valence-corrected chi connectivity index (χ0v) is 16.8. The van der Waals surface area contributed by atoms with Gasteiger partial charge >= 0.3 is 6.72 Å². The van der Waals surface area contributed by atoms with E-state index < -0.39 is 6.72 Å². The monoisotopic (exact) mass is 372 g/mol. The SMILES string of the molecule is CCCCCCCCOP(=S)(OCl)OCCCCCCCC. The van der Waals surface area contributed by atoms with Crippen LogP contribution in [-0.2, 0) is 24.9 Å². The molecule has 0 heterocycles. The van der Waals surface area contributed by atoms with Gasteiger partial charge in [-0.15, -0.1) is 0 Å². The molecule has 0 aliphatic heterocycles. The highest BCUT2D eigenvalue weighted by Gasteiger charge is 2.19. The lowest BCUT2D eigenvalue weighted by atomic mass is 10.1. The average molecular weight is 373 g/mol. The highest BCUT2D eigenvalue weighted by molar-refractivity contribution is 8.07. The van der Waals surface area contributed by atoms with Crippen molar-refractivity contribution in [1.82, 2.24) is 0 Å². The van der Waals surface area contributed by atoms with Gasteiger partial charge in [0.25, 0.3) is 0 Å². The molecule has 0 N–H and O–H groups in total. The highest BCUT2D eigenvalue weighted by atomic mass is 35.5. The van der Waals surface area contributed by atoms with Crippen molar-refractivity contribution in [1.29, 1.82) is 0 Å². The van der Waals surface area contributed by atoms with E-state index in [0.29, 0.717) is 13.2 Å². The van der Waals surface area contributed by atoms with Crippen molar-refractivity contribution in [2.24, 2.45) is 0 Å². The molecule has 0 unspecified atom stereocenters. The minimum atomic E-state index is -2.72. The molecule has 0 aromatic heterocycles. The summed E-state index contributed by atoms with van der Waals surface area (Å²) >= 11 is 10.7. The zero-order chi connectivity index (χ0) is 16.5. The summed E-state index contributed by atoms with van der Waals surface area (Å²) < 4.78 is 15.9. The van der Waals surface area contributed by atoms with Crippen LogP contribution in [0.2, 0.25) is 0 Å². The third-order valence-electron chi connectivity index (χ3n) is 3.58. The van der Waals surface area contributed by atoms with E-state index in [1.54, 1.807) is 0 Å². The molecule has 0 aromatic rings. The molecule has 3 nitrogen and oxygen atoms in total. The number of hydrogen-bond donors (Lipinski definition) is 0. The van der Waals surface area contributed by atoms with Crippen molar-refractivity contribution in [3.63, 3.8) is 0 Å². The second kappa shape index (κ2) is 16.7. The van der Waals surface area contributed by atoms with Crippen molar-refractivity contribution < 1.29 is 13.1 Å². The lowest BCUT2D eigenvalue weighted by Gasteiger charge is -2.18. The number of hydrogen-bond acceptors (Lipinski definition) is 4. The number of rotatable bonds is 17. The quantitative estimate of drug-likeness (QED) is 0.200. The molecule has 0 aliphatic rings. The first-order chi connectivity index (χ1) is 10.7. The Morgan fingerprint density at radius 1 is 0.682 bits per heavy atom. The van der Waals surface area contributed by atoms with Crippen LogP contribution in [0, 0.1) is 0 Å². The van der Waals surface area contributed by atoms with Gasteiger partial charge in [0.2, 0.25) is 0 Å². The molecule has 0 saturated carbocycles. The Kier molecular flexibility index (Phi) is 17.3. The average Bonchev–Trinajstić information content (AvgIpc) is 2.53. The van der Waals surface area contributed by atoms with Crippen molar-refractivity contribution in [2.45, 2.75) is 90.9 Å². The van der Waals surface area contributed by atoms with Crippen LogP contribution in [-0.4, -0.2) is 13.2 Å². The summed E-state index contributed by atoms with van der Waals surface area (Å²) in [5.41, 5.74) is 0. The Bertz CT molecular complexity index is 258. The summed E-state index contributed by atoms with van der Waals surface area (Å²) in [7, 11) is 0. The Morgan fingerprint density at radius 2 is 1.05 bits per heavy atom. The van der Waals surface area contributed by atoms with Crippen LogP contribution >= 0.6 is 18.6 Å². The van der Waals surface area contributed by atoms with Gasteiger partial charge in [0.05, 0.1) is 25.1 Å². The van der Waals surface area contributed by atoms with Crippen LogP contribution in [0.1, 0.15) is 90.9 Å². The maximum atomic E-state index is 5.58. The molecule has 0 aromatic carbocycles. The second-order valence-corrected chi connectivity index (χ2v) is 9.02. The maximum Gasteiger partial charge on any atom is 0.343 e. The molecular formula is C16H34ClO3PS. The standard InChI is InChI=1S/C16H34ClO3PS/c1-3-5-7-9-11-13-15-18-21(22,20-17)19-16-14-12-10-8-6-4-2/h3-16H2,1-2H3. The minimum absolute atomic E-state index is 0.576. The van der Waals surface area contributed by atoms with Crippen molar-refractivity contribution in [2.75, 3.05) is 13.2 Å². The zero-order valence-electron chi connectivity index (χ0n) is 14.4. The topological polar surface area (TPSA) is 27.7 Å². The fraction of sp³-hybridized carbons (Fsp3) is 1.00. The lowest BCUT2D eigenvalue weighted by molar-refractivity contribution is 0.199. The fourth-order valence-electron chi connectivity index (χ4n) is 2.19. The van der Waals surface area contributed by atoms with Gasteiger partial charge in [0, 0.05) is 0 Å². The molecule has 6 heteroatoms. The van der Waals surface area contributed by atoms with Gasteiger partial charge in [0.1, 0.15) is 0 Å². The summed E-state index contributed by atoms with van der Waals surface area (Å²) in [6, 6.07) is 0. The Morgan fingerprint density at radius 3 is 1.41 bits per heavy atom. The van der Waals surface area contributed by atoms with E-state index >= 15 is 0 Å². The Balaban J connectivity index is 3.57. The van der Waals surface area contributed by atoms with E-state index in [-0.39, 0.29) is 0 Å². The molecule has 22 heavy (non-hydrogen) atoms. The van der Waals surface area contributed by atoms with Crippen LogP contribution in [0.4, 0.5) is 0 Å². The van der Waals surface area contributed by atoms with Gasteiger partial charge in [-0.2, -0.15) is 4.08 Å². The molecule has 134 valence electrons. The van der Waals surface area contributed by atoms with E-state index in [9.17, 15) is 0 Å². The molecule has 0 fully saturated rings.